The van der Waals surface area contributed by atoms with Crippen LogP contribution >= 0.6 is 0 Å². The van der Waals surface area contributed by atoms with Crippen molar-refractivity contribution >= 4 is 47.9 Å². The molecule has 0 aliphatic heterocycles. The van der Waals surface area contributed by atoms with Crippen molar-refractivity contribution in [2.75, 3.05) is 26.4 Å². The molecule has 0 aromatic heterocycles. The summed E-state index contributed by atoms with van der Waals surface area (Å²) in [5.74, 6) is -3.21. The molecular formula is C30H31NO12. The van der Waals surface area contributed by atoms with Crippen LogP contribution in [0.25, 0.3) is 12.2 Å². The lowest BCUT2D eigenvalue weighted by Gasteiger charge is -2.09. The van der Waals surface area contributed by atoms with Crippen LogP contribution in [-0.4, -0.2) is 62.1 Å². The van der Waals surface area contributed by atoms with Gasteiger partial charge in [0.15, 0.2) is 23.0 Å². The number of hydrogen-bond acceptors (Lipinski definition) is 12. The molecule has 2 aromatic carbocycles. The van der Waals surface area contributed by atoms with E-state index in [1.807, 2.05) is 0 Å². The first-order valence-electron chi connectivity index (χ1n) is 12.8. The van der Waals surface area contributed by atoms with Gasteiger partial charge in [-0.25, -0.2) is 4.79 Å². The standard InChI is InChI=1S/C30H31NO12/c1-19(32)40-25-9-5-23(17-27(25)42-21(3)34)7-11-29(36)31-13-14-38-15-16-39-30(37)12-8-24-6-10-26(41-20(2)33)28(18-24)43-22(4)35/h5-12,17-18H,13-16H2,1-4H3,(H,31,36)/b11-7+,12-8+. The molecule has 0 fully saturated rings. The van der Waals surface area contributed by atoms with Gasteiger partial charge in [-0.05, 0) is 47.5 Å². The highest BCUT2D eigenvalue weighted by Gasteiger charge is 2.12. The van der Waals surface area contributed by atoms with Crippen LogP contribution in [0.1, 0.15) is 38.8 Å². The van der Waals surface area contributed by atoms with Gasteiger partial charge in [-0.15, -0.1) is 0 Å². The molecule has 228 valence electrons. The molecule has 0 aliphatic carbocycles. The van der Waals surface area contributed by atoms with E-state index in [0.29, 0.717) is 11.1 Å². The summed E-state index contributed by atoms with van der Waals surface area (Å²) in [7, 11) is 0. The Balaban J connectivity index is 1.72. The molecule has 13 heteroatoms. The predicted molar refractivity (Wildman–Crippen MR) is 151 cm³/mol. The van der Waals surface area contributed by atoms with Crippen LogP contribution in [0.2, 0.25) is 0 Å². The molecule has 0 saturated heterocycles. The van der Waals surface area contributed by atoms with E-state index in [2.05, 4.69) is 5.32 Å². The van der Waals surface area contributed by atoms with Crippen molar-refractivity contribution in [1.29, 1.82) is 0 Å². The Morgan fingerprint density at radius 3 is 1.56 bits per heavy atom. The highest BCUT2D eigenvalue weighted by atomic mass is 16.6. The van der Waals surface area contributed by atoms with Gasteiger partial charge in [-0.1, -0.05) is 12.1 Å². The average molecular weight is 598 g/mol. The second-order valence-electron chi connectivity index (χ2n) is 8.52. The van der Waals surface area contributed by atoms with E-state index in [1.165, 1.54) is 76.3 Å². The maximum atomic E-state index is 12.1. The highest BCUT2D eigenvalue weighted by molar-refractivity contribution is 5.92. The van der Waals surface area contributed by atoms with Gasteiger partial charge < -0.3 is 33.7 Å². The zero-order valence-electron chi connectivity index (χ0n) is 24.0. The Labute approximate surface area is 247 Å². The van der Waals surface area contributed by atoms with Crippen LogP contribution in [0.15, 0.2) is 48.6 Å². The van der Waals surface area contributed by atoms with Gasteiger partial charge in [0.1, 0.15) is 6.61 Å². The fraction of sp³-hybridized carbons (Fsp3) is 0.267. The fourth-order valence-electron chi connectivity index (χ4n) is 3.20. The summed E-state index contributed by atoms with van der Waals surface area (Å²) < 4.78 is 30.5. The highest BCUT2D eigenvalue weighted by Crippen LogP contribution is 2.30. The number of hydrogen-bond donors (Lipinski definition) is 1. The first kappa shape index (κ1) is 33.9. The lowest BCUT2D eigenvalue weighted by Crippen LogP contribution is -2.26. The van der Waals surface area contributed by atoms with Crippen molar-refractivity contribution in [3.05, 3.63) is 59.7 Å². The normalized spacial score (nSPS) is 10.7. The molecule has 2 rings (SSSR count). The molecule has 1 amide bonds. The third-order valence-corrected chi connectivity index (χ3v) is 4.81. The third kappa shape index (κ3) is 13.7. The summed E-state index contributed by atoms with van der Waals surface area (Å²) in [4.78, 5) is 69.1. The maximum Gasteiger partial charge on any atom is 0.330 e. The van der Waals surface area contributed by atoms with Gasteiger partial charge in [-0.3, -0.25) is 24.0 Å². The SMILES string of the molecule is CC(=O)Oc1ccc(/C=C/C(=O)NCCOCCOC(=O)/C=C/c2ccc(OC(C)=O)c(OC(C)=O)c2)cc1OC(C)=O. The van der Waals surface area contributed by atoms with E-state index in [-0.39, 0.29) is 49.4 Å². The smallest absolute Gasteiger partial charge is 0.330 e. The molecule has 0 radical (unpaired) electrons. The number of carbonyl (C=O) groups is 6. The second-order valence-corrected chi connectivity index (χ2v) is 8.52. The van der Waals surface area contributed by atoms with E-state index in [1.54, 1.807) is 12.1 Å². The Morgan fingerprint density at radius 1 is 0.605 bits per heavy atom. The van der Waals surface area contributed by atoms with Crippen molar-refractivity contribution in [2.24, 2.45) is 0 Å². The Kier molecular flexibility index (Phi) is 13.8. The molecule has 1 N–H and O–H groups in total. The van der Waals surface area contributed by atoms with Crippen molar-refractivity contribution in [3.8, 4) is 23.0 Å². The van der Waals surface area contributed by atoms with Crippen molar-refractivity contribution < 1.29 is 57.2 Å². The topological polar surface area (TPSA) is 170 Å². The van der Waals surface area contributed by atoms with Crippen molar-refractivity contribution in [1.82, 2.24) is 5.32 Å². The largest absolute Gasteiger partial charge is 0.460 e. The number of rotatable bonds is 14. The molecule has 13 nitrogen and oxygen atoms in total. The second kappa shape index (κ2) is 17.5. The molecule has 0 saturated carbocycles. The summed E-state index contributed by atoms with van der Waals surface area (Å²) in [6.07, 6.45) is 5.36. The van der Waals surface area contributed by atoms with E-state index in [9.17, 15) is 28.8 Å². The molecule has 0 bridgehead atoms. The van der Waals surface area contributed by atoms with E-state index >= 15 is 0 Å². The number of esters is 5. The Hall–Kier alpha value is -5.30. The molecule has 0 unspecified atom stereocenters. The zero-order valence-corrected chi connectivity index (χ0v) is 24.0. The number of amides is 1. The summed E-state index contributed by atoms with van der Waals surface area (Å²) in [6, 6.07) is 8.89. The molecule has 0 heterocycles. The van der Waals surface area contributed by atoms with E-state index < -0.39 is 35.8 Å². The van der Waals surface area contributed by atoms with Crippen LogP contribution < -0.4 is 24.3 Å². The van der Waals surface area contributed by atoms with Gasteiger partial charge >= 0.3 is 29.8 Å². The first-order valence-corrected chi connectivity index (χ1v) is 12.8. The molecular weight excluding hydrogens is 566 g/mol. The Bertz CT molecular complexity index is 1300. The molecule has 2 aromatic rings. The quantitative estimate of drug-likeness (QED) is 0.146. The Morgan fingerprint density at radius 2 is 1.07 bits per heavy atom. The third-order valence-electron chi connectivity index (χ3n) is 4.81. The summed E-state index contributed by atoms with van der Waals surface area (Å²) in [6.45, 7) is 5.24. The summed E-state index contributed by atoms with van der Waals surface area (Å²) in [5, 5.41) is 2.62. The van der Waals surface area contributed by atoms with Gasteiger partial charge in [0.25, 0.3) is 0 Å². The number of nitrogens with one attached hydrogen (secondary N) is 1. The number of carbonyl (C=O) groups excluding carboxylic acids is 6. The van der Waals surface area contributed by atoms with Crippen molar-refractivity contribution in [3.63, 3.8) is 0 Å². The van der Waals surface area contributed by atoms with Crippen molar-refractivity contribution in [2.45, 2.75) is 27.7 Å². The average Bonchev–Trinajstić information content (AvgIpc) is 2.91. The van der Waals surface area contributed by atoms with Gasteiger partial charge in [0.05, 0.1) is 13.2 Å². The van der Waals surface area contributed by atoms with Gasteiger partial charge in [0.2, 0.25) is 5.91 Å². The number of ether oxygens (including phenoxy) is 6. The molecule has 0 atom stereocenters. The minimum Gasteiger partial charge on any atom is -0.460 e. The lowest BCUT2D eigenvalue weighted by atomic mass is 10.2. The van der Waals surface area contributed by atoms with Crippen LogP contribution in [0.5, 0.6) is 23.0 Å². The first-order chi connectivity index (χ1) is 20.4. The monoisotopic (exact) mass is 597 g/mol. The van der Waals surface area contributed by atoms with Gasteiger partial charge in [0, 0.05) is 46.4 Å². The van der Waals surface area contributed by atoms with E-state index in [0.717, 1.165) is 0 Å². The molecule has 0 aliphatic rings. The minimum atomic E-state index is -0.641. The van der Waals surface area contributed by atoms with Crippen LogP contribution in [0, 0.1) is 0 Å². The fourth-order valence-corrected chi connectivity index (χ4v) is 3.20. The maximum absolute atomic E-state index is 12.1. The number of benzene rings is 2. The minimum absolute atomic E-state index is 0.0255. The predicted octanol–water partition coefficient (Wildman–Crippen LogP) is 2.79. The zero-order chi connectivity index (χ0) is 31.8. The summed E-state index contributed by atoms with van der Waals surface area (Å²) >= 11 is 0. The van der Waals surface area contributed by atoms with E-state index in [4.69, 9.17) is 28.4 Å². The lowest BCUT2D eigenvalue weighted by molar-refractivity contribution is -0.139. The van der Waals surface area contributed by atoms with Crippen LogP contribution in [-0.2, 0) is 38.2 Å². The molecule has 43 heavy (non-hydrogen) atoms. The van der Waals surface area contributed by atoms with Crippen LogP contribution in [0.3, 0.4) is 0 Å². The van der Waals surface area contributed by atoms with Crippen LogP contribution in [0.4, 0.5) is 0 Å². The van der Waals surface area contributed by atoms with Gasteiger partial charge in [-0.2, -0.15) is 0 Å². The summed E-state index contributed by atoms with van der Waals surface area (Å²) in [5.41, 5.74) is 1.02. The molecule has 0 spiro atoms.